The molecule has 0 aliphatic carbocycles. The minimum absolute atomic E-state index is 0.840. The van der Waals surface area contributed by atoms with Crippen LogP contribution in [0.15, 0.2) is 0 Å². The molecule has 0 unspecified atom stereocenters. The molecular weight excluding hydrogens is 345 g/mol. The zero-order valence-corrected chi connectivity index (χ0v) is 12.1. The summed E-state index contributed by atoms with van der Waals surface area (Å²) in [4.78, 5) is 0. The Hall–Kier alpha value is -2.14. The van der Waals surface area contributed by atoms with Gasteiger partial charge in [0.05, 0.1) is 16.9 Å². The number of rotatable bonds is 4. The molecule has 0 spiro atoms. The molecule has 24 heavy (non-hydrogen) atoms. The van der Waals surface area contributed by atoms with E-state index in [1.165, 1.54) is 13.8 Å². The first-order chi connectivity index (χ1) is 11.1. The van der Waals surface area contributed by atoms with Crippen LogP contribution in [0.1, 0.15) is 13.8 Å². The van der Waals surface area contributed by atoms with Crippen molar-refractivity contribution in [2.24, 2.45) is 0 Å². The number of benzene rings is 2. The van der Waals surface area contributed by atoms with Crippen LogP contribution >= 0.6 is 0 Å². The maximum Gasteiger partial charge on any atom is 0.707 e. The summed E-state index contributed by atoms with van der Waals surface area (Å²) in [6.07, 6.45) is -0.840. The lowest BCUT2D eigenvalue weighted by molar-refractivity contribution is 0.213. The second-order valence-corrected chi connectivity index (χ2v) is 4.90. The van der Waals surface area contributed by atoms with Gasteiger partial charge in [-0.3, -0.25) is 0 Å². The van der Waals surface area contributed by atoms with Gasteiger partial charge in [-0.25, -0.2) is 22.0 Å². The molecule has 130 valence electrons. The molecule has 0 aliphatic rings. The maximum atomic E-state index is 14.1. The molecular formula is C13H9BF6O4. The smallest absolute Gasteiger partial charge is 0.508 e. The molecule has 0 fully saturated rings. The van der Waals surface area contributed by atoms with Gasteiger partial charge >= 0.3 is 7.32 Å². The summed E-state index contributed by atoms with van der Waals surface area (Å²) >= 11 is 0. The Bertz CT molecular complexity index is 812. The fourth-order valence-corrected chi connectivity index (χ4v) is 2.03. The van der Waals surface area contributed by atoms with Crippen molar-refractivity contribution in [3.8, 4) is 11.5 Å². The maximum absolute atomic E-state index is 14.1. The van der Waals surface area contributed by atoms with Gasteiger partial charge in [0.15, 0.2) is 40.6 Å². The average molecular weight is 354 g/mol. The number of halogens is 6. The molecule has 0 saturated carbocycles. The summed E-state index contributed by atoms with van der Waals surface area (Å²) in [7, 11) is -2.69. The third-order valence-electron chi connectivity index (χ3n) is 2.89. The van der Waals surface area contributed by atoms with Gasteiger partial charge in [0.25, 0.3) is 0 Å². The average Bonchev–Trinajstić information content (AvgIpc) is 2.49. The van der Waals surface area contributed by atoms with Crippen molar-refractivity contribution in [2.75, 3.05) is 0 Å². The standard InChI is InChI=1S/C13H9BF6O4/c1-3(2)23-13-11(20)7(16)4-5(12(13)24-14(21)22)8(17)10(19)9(18)6(4)15/h3,21-22H,1-2H3. The lowest BCUT2D eigenvalue weighted by atomic mass is 10.0. The molecule has 0 heterocycles. The summed E-state index contributed by atoms with van der Waals surface area (Å²) in [5.41, 5.74) is 0. The predicted molar refractivity (Wildman–Crippen MR) is 70.3 cm³/mol. The van der Waals surface area contributed by atoms with E-state index in [0.717, 1.165) is 0 Å². The lowest BCUT2D eigenvalue weighted by Gasteiger charge is -2.19. The van der Waals surface area contributed by atoms with Crippen LogP contribution in [0.5, 0.6) is 11.5 Å². The van der Waals surface area contributed by atoms with Gasteiger partial charge < -0.3 is 19.4 Å². The van der Waals surface area contributed by atoms with Crippen molar-refractivity contribution in [1.29, 1.82) is 0 Å². The largest absolute Gasteiger partial charge is 0.707 e. The quantitative estimate of drug-likeness (QED) is 0.384. The molecule has 0 atom stereocenters. The molecule has 2 N–H and O–H groups in total. The van der Waals surface area contributed by atoms with Gasteiger partial charge in [0.1, 0.15) is 0 Å². The van der Waals surface area contributed by atoms with E-state index in [0.29, 0.717) is 0 Å². The van der Waals surface area contributed by atoms with E-state index in [1.807, 2.05) is 0 Å². The number of fused-ring (bicyclic) bond motifs is 1. The zero-order chi connectivity index (χ0) is 18.3. The van der Waals surface area contributed by atoms with Crippen LogP contribution in [-0.4, -0.2) is 23.5 Å². The summed E-state index contributed by atoms with van der Waals surface area (Å²) in [5, 5.41) is 14.7. The summed E-state index contributed by atoms with van der Waals surface area (Å²) in [6, 6.07) is 0. The second-order valence-electron chi connectivity index (χ2n) is 4.90. The van der Waals surface area contributed by atoms with Crippen molar-refractivity contribution in [1.82, 2.24) is 0 Å². The molecule has 0 amide bonds. The second kappa shape index (κ2) is 6.40. The summed E-state index contributed by atoms with van der Waals surface area (Å²) in [6.45, 7) is 2.70. The highest BCUT2D eigenvalue weighted by Crippen LogP contribution is 2.44. The van der Waals surface area contributed by atoms with E-state index in [1.54, 1.807) is 0 Å². The highest BCUT2D eigenvalue weighted by Gasteiger charge is 2.33. The lowest BCUT2D eigenvalue weighted by Crippen LogP contribution is -2.23. The highest BCUT2D eigenvalue weighted by atomic mass is 19.2. The Morgan fingerprint density at radius 2 is 1.17 bits per heavy atom. The fourth-order valence-electron chi connectivity index (χ4n) is 2.03. The van der Waals surface area contributed by atoms with Crippen LogP contribution in [0.4, 0.5) is 26.3 Å². The number of ether oxygens (including phenoxy) is 1. The third-order valence-corrected chi connectivity index (χ3v) is 2.89. The molecule has 2 aromatic rings. The van der Waals surface area contributed by atoms with Gasteiger partial charge in [-0.05, 0) is 13.8 Å². The van der Waals surface area contributed by atoms with Crippen molar-refractivity contribution in [3.05, 3.63) is 34.9 Å². The predicted octanol–water partition coefficient (Wildman–Crippen LogP) is 2.81. The first-order valence-corrected chi connectivity index (χ1v) is 6.43. The Kier molecular flexibility index (Phi) is 4.86. The Morgan fingerprint density at radius 3 is 1.62 bits per heavy atom. The fraction of sp³-hybridized carbons (Fsp3) is 0.231. The Balaban J connectivity index is 3.06. The minimum Gasteiger partial charge on any atom is -0.508 e. The van der Waals surface area contributed by atoms with E-state index in [9.17, 15) is 26.3 Å². The van der Waals surface area contributed by atoms with E-state index in [-0.39, 0.29) is 0 Å². The van der Waals surface area contributed by atoms with E-state index < -0.39 is 70.6 Å². The van der Waals surface area contributed by atoms with Crippen LogP contribution in [0.3, 0.4) is 0 Å². The van der Waals surface area contributed by atoms with Crippen molar-refractivity contribution in [3.63, 3.8) is 0 Å². The summed E-state index contributed by atoms with van der Waals surface area (Å²) in [5.74, 6) is -15.4. The van der Waals surface area contributed by atoms with Crippen LogP contribution in [0.2, 0.25) is 0 Å². The van der Waals surface area contributed by atoms with E-state index in [2.05, 4.69) is 4.65 Å². The first-order valence-electron chi connectivity index (χ1n) is 6.43. The monoisotopic (exact) mass is 354 g/mol. The van der Waals surface area contributed by atoms with Crippen LogP contribution in [0, 0.1) is 34.9 Å². The molecule has 0 bridgehead atoms. The minimum atomic E-state index is -2.69. The number of hydrogen-bond acceptors (Lipinski definition) is 4. The van der Waals surface area contributed by atoms with Gasteiger partial charge in [-0.15, -0.1) is 0 Å². The number of hydrogen-bond donors (Lipinski definition) is 2. The topological polar surface area (TPSA) is 58.9 Å². The van der Waals surface area contributed by atoms with Crippen LogP contribution in [-0.2, 0) is 0 Å². The first kappa shape index (κ1) is 18.2. The van der Waals surface area contributed by atoms with Crippen LogP contribution < -0.4 is 9.39 Å². The van der Waals surface area contributed by atoms with Gasteiger partial charge in [0.2, 0.25) is 5.82 Å². The third kappa shape index (κ3) is 2.84. The van der Waals surface area contributed by atoms with Gasteiger partial charge in [-0.1, -0.05) is 0 Å². The molecule has 4 nitrogen and oxygen atoms in total. The van der Waals surface area contributed by atoms with Crippen molar-refractivity contribution in [2.45, 2.75) is 20.0 Å². The van der Waals surface area contributed by atoms with Gasteiger partial charge in [0, 0.05) is 0 Å². The highest BCUT2D eigenvalue weighted by molar-refractivity contribution is 6.34. The normalized spacial score (nSPS) is 11.3. The summed E-state index contributed by atoms with van der Waals surface area (Å²) < 4.78 is 91.8. The van der Waals surface area contributed by atoms with Crippen LogP contribution in [0.25, 0.3) is 10.8 Å². The molecule has 2 aromatic carbocycles. The van der Waals surface area contributed by atoms with E-state index in [4.69, 9.17) is 14.8 Å². The molecule has 0 radical (unpaired) electrons. The molecule has 11 heteroatoms. The SMILES string of the molecule is CC(C)Oc1c(F)c(F)c2c(F)c(F)c(F)c(F)c2c1OB(O)O. The molecule has 2 rings (SSSR count). The zero-order valence-electron chi connectivity index (χ0n) is 12.1. The Morgan fingerprint density at radius 1 is 0.708 bits per heavy atom. The molecule has 0 saturated heterocycles. The van der Waals surface area contributed by atoms with Crippen molar-refractivity contribution >= 4 is 18.1 Å². The molecule has 0 aromatic heterocycles. The molecule has 0 aliphatic heterocycles. The Labute approximate surface area is 131 Å². The van der Waals surface area contributed by atoms with Gasteiger partial charge in [-0.2, -0.15) is 4.39 Å². The van der Waals surface area contributed by atoms with E-state index >= 15 is 0 Å². The van der Waals surface area contributed by atoms with Crippen molar-refractivity contribution < 1.29 is 45.8 Å².